The molecule has 1 aromatic heterocycles. The maximum Gasteiger partial charge on any atom is 0.349 e. The van der Waals surface area contributed by atoms with Crippen LogP contribution in [0.4, 0.5) is 10.1 Å². The van der Waals surface area contributed by atoms with Crippen LogP contribution in [0.5, 0.6) is 0 Å². The van der Waals surface area contributed by atoms with Crippen molar-refractivity contribution in [2.75, 3.05) is 5.32 Å². The SMILES string of the molecule is Cc1ccc(NC(=O)[C@H](C)OC(=O)c2cc3c(F)cccc3s2)cc1. The second kappa shape index (κ2) is 7.03. The molecule has 0 aliphatic heterocycles. The largest absolute Gasteiger partial charge is 0.448 e. The molecule has 1 N–H and O–H groups in total. The van der Waals surface area contributed by atoms with Crippen LogP contribution in [0.25, 0.3) is 10.1 Å². The van der Waals surface area contributed by atoms with E-state index in [1.165, 1.54) is 19.1 Å². The van der Waals surface area contributed by atoms with Gasteiger partial charge < -0.3 is 10.1 Å². The predicted molar refractivity (Wildman–Crippen MR) is 96.5 cm³/mol. The van der Waals surface area contributed by atoms with Crippen LogP contribution in [0.15, 0.2) is 48.5 Å². The summed E-state index contributed by atoms with van der Waals surface area (Å²) in [6.07, 6.45) is -0.969. The van der Waals surface area contributed by atoms with Crippen molar-refractivity contribution < 1.29 is 18.7 Å². The van der Waals surface area contributed by atoms with Gasteiger partial charge in [-0.3, -0.25) is 4.79 Å². The molecular weight excluding hydrogens is 341 g/mol. The zero-order valence-electron chi connectivity index (χ0n) is 13.7. The zero-order valence-corrected chi connectivity index (χ0v) is 14.5. The highest BCUT2D eigenvalue weighted by Crippen LogP contribution is 2.28. The fraction of sp³-hybridized carbons (Fsp3) is 0.158. The smallest absolute Gasteiger partial charge is 0.349 e. The van der Waals surface area contributed by atoms with Crippen LogP contribution < -0.4 is 5.32 Å². The second-order valence-electron chi connectivity index (χ2n) is 5.67. The number of hydrogen-bond acceptors (Lipinski definition) is 4. The molecule has 1 amide bonds. The molecule has 0 bridgehead atoms. The number of halogens is 1. The van der Waals surface area contributed by atoms with E-state index in [0.29, 0.717) is 15.8 Å². The van der Waals surface area contributed by atoms with Crippen LogP contribution in [0.2, 0.25) is 0 Å². The Morgan fingerprint density at radius 1 is 1.16 bits per heavy atom. The number of thiophene rings is 1. The van der Waals surface area contributed by atoms with Gasteiger partial charge in [-0.05, 0) is 44.2 Å². The first-order chi connectivity index (χ1) is 11.9. The number of ether oxygens (including phenoxy) is 1. The van der Waals surface area contributed by atoms with E-state index in [9.17, 15) is 14.0 Å². The number of rotatable bonds is 4. The average molecular weight is 357 g/mol. The second-order valence-corrected chi connectivity index (χ2v) is 6.75. The van der Waals surface area contributed by atoms with Crippen LogP contribution in [0, 0.1) is 12.7 Å². The summed E-state index contributed by atoms with van der Waals surface area (Å²) in [5, 5.41) is 3.06. The van der Waals surface area contributed by atoms with Gasteiger partial charge in [0.25, 0.3) is 5.91 Å². The van der Waals surface area contributed by atoms with E-state index < -0.39 is 23.8 Å². The van der Waals surface area contributed by atoms with Gasteiger partial charge >= 0.3 is 5.97 Å². The molecule has 4 nitrogen and oxygen atoms in total. The van der Waals surface area contributed by atoms with Crippen molar-refractivity contribution in [3.05, 3.63) is 64.8 Å². The molecular formula is C19H16FNO3S. The van der Waals surface area contributed by atoms with Gasteiger partial charge in [0.2, 0.25) is 0 Å². The minimum atomic E-state index is -0.969. The minimum absolute atomic E-state index is 0.259. The molecule has 0 radical (unpaired) electrons. The van der Waals surface area contributed by atoms with Crippen molar-refractivity contribution in [3.8, 4) is 0 Å². The van der Waals surface area contributed by atoms with E-state index in [2.05, 4.69) is 5.32 Å². The quantitative estimate of drug-likeness (QED) is 0.698. The van der Waals surface area contributed by atoms with Gasteiger partial charge in [0.05, 0.1) is 0 Å². The number of hydrogen-bond donors (Lipinski definition) is 1. The van der Waals surface area contributed by atoms with E-state index in [1.807, 2.05) is 19.1 Å². The Morgan fingerprint density at radius 2 is 1.88 bits per heavy atom. The highest BCUT2D eigenvalue weighted by molar-refractivity contribution is 7.20. The Morgan fingerprint density at radius 3 is 2.56 bits per heavy atom. The molecule has 3 rings (SSSR count). The summed E-state index contributed by atoms with van der Waals surface area (Å²) in [6, 6.07) is 13.4. The molecule has 0 saturated heterocycles. The summed E-state index contributed by atoms with van der Waals surface area (Å²) in [6.45, 7) is 3.44. The lowest BCUT2D eigenvalue weighted by atomic mass is 10.2. The third kappa shape index (κ3) is 3.85. The summed E-state index contributed by atoms with van der Waals surface area (Å²) in [5.74, 6) is -1.46. The molecule has 0 unspecified atom stereocenters. The van der Waals surface area contributed by atoms with Gasteiger partial charge in [-0.15, -0.1) is 11.3 Å². The maximum absolute atomic E-state index is 13.7. The number of anilines is 1. The molecule has 0 aliphatic rings. The number of esters is 1. The van der Waals surface area contributed by atoms with E-state index in [0.717, 1.165) is 16.9 Å². The Bertz CT molecular complexity index is 933. The van der Waals surface area contributed by atoms with E-state index >= 15 is 0 Å². The molecule has 0 fully saturated rings. The summed E-state index contributed by atoms with van der Waals surface area (Å²) >= 11 is 1.13. The Kier molecular flexibility index (Phi) is 4.81. The molecule has 1 heterocycles. The normalized spacial score (nSPS) is 12.0. The van der Waals surface area contributed by atoms with E-state index in [-0.39, 0.29) is 4.88 Å². The van der Waals surface area contributed by atoms with Gasteiger partial charge in [0.1, 0.15) is 10.7 Å². The third-order valence-corrected chi connectivity index (χ3v) is 4.76. The van der Waals surface area contributed by atoms with Gasteiger partial charge in [-0.25, -0.2) is 9.18 Å². The lowest BCUT2D eigenvalue weighted by molar-refractivity contribution is -0.123. The highest BCUT2D eigenvalue weighted by atomic mass is 32.1. The van der Waals surface area contributed by atoms with Crippen LogP contribution in [-0.4, -0.2) is 18.0 Å². The predicted octanol–water partition coefficient (Wildman–Crippen LogP) is 4.53. The fourth-order valence-electron chi connectivity index (χ4n) is 2.28. The Labute approximate surface area is 148 Å². The fourth-order valence-corrected chi connectivity index (χ4v) is 3.24. The first kappa shape index (κ1) is 17.1. The number of nitrogens with one attached hydrogen (secondary N) is 1. The van der Waals surface area contributed by atoms with E-state index in [1.54, 1.807) is 24.3 Å². The Hall–Kier alpha value is -2.73. The zero-order chi connectivity index (χ0) is 18.0. The molecule has 0 spiro atoms. The number of carbonyl (C=O) groups excluding carboxylic acids is 2. The first-order valence-corrected chi connectivity index (χ1v) is 8.52. The third-order valence-electron chi connectivity index (χ3n) is 3.68. The maximum atomic E-state index is 13.7. The standard InChI is InChI=1S/C19H16FNO3S/c1-11-6-8-13(9-7-11)21-18(22)12(2)24-19(23)17-10-14-15(20)4-3-5-16(14)25-17/h3-10,12H,1-2H3,(H,21,22)/t12-/m0/s1. The lowest BCUT2D eigenvalue weighted by Crippen LogP contribution is -2.29. The van der Waals surface area contributed by atoms with Crippen LogP contribution in [0.1, 0.15) is 22.2 Å². The number of amides is 1. The van der Waals surface area contributed by atoms with E-state index in [4.69, 9.17) is 4.74 Å². The number of carbonyl (C=O) groups is 2. The number of benzene rings is 2. The van der Waals surface area contributed by atoms with Crippen molar-refractivity contribution in [1.29, 1.82) is 0 Å². The molecule has 25 heavy (non-hydrogen) atoms. The summed E-state index contributed by atoms with van der Waals surface area (Å²) in [4.78, 5) is 24.6. The van der Waals surface area contributed by atoms with Crippen molar-refractivity contribution in [3.63, 3.8) is 0 Å². The monoisotopic (exact) mass is 357 g/mol. The topological polar surface area (TPSA) is 55.4 Å². The van der Waals surface area contributed by atoms with Crippen molar-refractivity contribution in [1.82, 2.24) is 0 Å². The number of fused-ring (bicyclic) bond motifs is 1. The molecule has 3 aromatic rings. The van der Waals surface area contributed by atoms with Gasteiger partial charge in [-0.1, -0.05) is 23.8 Å². The summed E-state index contributed by atoms with van der Waals surface area (Å²) < 4.78 is 19.6. The molecule has 6 heteroatoms. The highest BCUT2D eigenvalue weighted by Gasteiger charge is 2.21. The van der Waals surface area contributed by atoms with Crippen molar-refractivity contribution >= 4 is 39.0 Å². The average Bonchev–Trinajstić information content (AvgIpc) is 3.02. The number of aryl methyl sites for hydroxylation is 1. The van der Waals surface area contributed by atoms with Gasteiger partial charge in [0.15, 0.2) is 6.10 Å². The van der Waals surface area contributed by atoms with Crippen LogP contribution in [-0.2, 0) is 9.53 Å². The minimum Gasteiger partial charge on any atom is -0.448 e. The molecule has 0 aliphatic carbocycles. The Balaban J connectivity index is 1.67. The van der Waals surface area contributed by atoms with Crippen molar-refractivity contribution in [2.24, 2.45) is 0 Å². The van der Waals surface area contributed by atoms with Gasteiger partial charge in [-0.2, -0.15) is 0 Å². The van der Waals surface area contributed by atoms with Crippen LogP contribution in [0.3, 0.4) is 0 Å². The lowest BCUT2D eigenvalue weighted by Gasteiger charge is -2.13. The molecule has 2 aromatic carbocycles. The van der Waals surface area contributed by atoms with Gasteiger partial charge in [0, 0.05) is 15.8 Å². The molecule has 0 saturated carbocycles. The van der Waals surface area contributed by atoms with Crippen LogP contribution >= 0.6 is 11.3 Å². The molecule has 1 atom stereocenters. The molecule has 128 valence electrons. The summed E-state index contributed by atoms with van der Waals surface area (Å²) in [7, 11) is 0. The summed E-state index contributed by atoms with van der Waals surface area (Å²) in [5.41, 5.74) is 1.71. The first-order valence-electron chi connectivity index (χ1n) is 7.70. The van der Waals surface area contributed by atoms with Crippen molar-refractivity contribution in [2.45, 2.75) is 20.0 Å².